The predicted octanol–water partition coefficient (Wildman–Crippen LogP) is 3.48. The smallest absolute Gasteiger partial charge is 0.0457 e. The van der Waals surface area contributed by atoms with Crippen LogP contribution in [0.3, 0.4) is 0 Å². The van der Waals surface area contributed by atoms with Gasteiger partial charge >= 0.3 is 0 Å². The number of rotatable bonds is 4. The zero-order valence-electron chi connectivity index (χ0n) is 13.4. The lowest BCUT2D eigenvalue weighted by molar-refractivity contribution is 0.149. The fourth-order valence-electron chi connectivity index (χ4n) is 4.19. The third-order valence-corrected chi connectivity index (χ3v) is 5.50. The summed E-state index contributed by atoms with van der Waals surface area (Å²) in [5.74, 6) is 0.928. The molecule has 0 atom stereocenters. The molecule has 2 aliphatic heterocycles. The molecule has 3 heterocycles. The molecule has 2 aromatic rings. The number of nitrogens with one attached hydrogen (secondary N) is 1. The molecular weight excluding hydrogens is 270 g/mol. The minimum atomic E-state index is 0.928. The Labute approximate surface area is 133 Å². The lowest BCUT2D eigenvalue weighted by Crippen LogP contribution is -2.37. The monoisotopic (exact) mass is 297 g/mol. The Bertz CT molecular complexity index is 604. The SMILES string of the molecule is c1cc(CN2CCC(CN3CCCC3)CC2)c2cc[nH]c2c1. The molecular formula is C19H27N3. The van der Waals surface area contributed by atoms with Crippen LogP contribution in [0, 0.1) is 5.92 Å². The number of fused-ring (bicyclic) bond motifs is 1. The highest BCUT2D eigenvalue weighted by Gasteiger charge is 2.23. The highest BCUT2D eigenvalue weighted by Crippen LogP contribution is 2.24. The van der Waals surface area contributed by atoms with Gasteiger partial charge < -0.3 is 9.88 Å². The van der Waals surface area contributed by atoms with Crippen molar-refractivity contribution >= 4 is 10.9 Å². The summed E-state index contributed by atoms with van der Waals surface area (Å²) in [7, 11) is 0. The van der Waals surface area contributed by atoms with E-state index in [-0.39, 0.29) is 0 Å². The van der Waals surface area contributed by atoms with Gasteiger partial charge in [0.2, 0.25) is 0 Å². The molecule has 0 radical (unpaired) electrons. The van der Waals surface area contributed by atoms with Gasteiger partial charge in [-0.1, -0.05) is 12.1 Å². The van der Waals surface area contributed by atoms with Gasteiger partial charge in [-0.15, -0.1) is 0 Å². The van der Waals surface area contributed by atoms with Crippen molar-refractivity contribution in [1.29, 1.82) is 0 Å². The minimum Gasteiger partial charge on any atom is -0.361 e. The summed E-state index contributed by atoms with van der Waals surface area (Å²) in [6.07, 6.45) is 7.63. The lowest BCUT2D eigenvalue weighted by Gasteiger charge is -2.34. The average molecular weight is 297 g/mol. The summed E-state index contributed by atoms with van der Waals surface area (Å²) in [5.41, 5.74) is 2.73. The van der Waals surface area contributed by atoms with Crippen LogP contribution >= 0.6 is 0 Å². The van der Waals surface area contributed by atoms with E-state index in [0.29, 0.717) is 0 Å². The van der Waals surface area contributed by atoms with Crippen molar-refractivity contribution in [3.8, 4) is 0 Å². The van der Waals surface area contributed by atoms with Crippen LogP contribution in [0.5, 0.6) is 0 Å². The van der Waals surface area contributed by atoms with E-state index in [9.17, 15) is 0 Å². The number of nitrogens with zero attached hydrogens (tertiary/aromatic N) is 2. The van der Waals surface area contributed by atoms with Crippen LogP contribution in [0.15, 0.2) is 30.5 Å². The van der Waals surface area contributed by atoms with E-state index in [1.807, 2.05) is 0 Å². The maximum Gasteiger partial charge on any atom is 0.0457 e. The average Bonchev–Trinajstić information content (AvgIpc) is 3.21. The van der Waals surface area contributed by atoms with Gasteiger partial charge in [-0.25, -0.2) is 0 Å². The summed E-state index contributed by atoms with van der Waals surface area (Å²) in [4.78, 5) is 8.64. The molecule has 1 aromatic heterocycles. The van der Waals surface area contributed by atoms with Crippen molar-refractivity contribution in [1.82, 2.24) is 14.8 Å². The van der Waals surface area contributed by atoms with E-state index >= 15 is 0 Å². The molecule has 1 N–H and O–H groups in total. The molecule has 0 bridgehead atoms. The largest absolute Gasteiger partial charge is 0.361 e. The van der Waals surface area contributed by atoms with Crippen LogP contribution in [0.25, 0.3) is 10.9 Å². The number of benzene rings is 1. The fraction of sp³-hybridized carbons (Fsp3) is 0.579. The van der Waals surface area contributed by atoms with Gasteiger partial charge in [-0.3, -0.25) is 4.90 Å². The molecule has 4 rings (SSSR count). The van der Waals surface area contributed by atoms with Crippen molar-refractivity contribution < 1.29 is 0 Å². The number of likely N-dealkylation sites (tertiary alicyclic amines) is 2. The quantitative estimate of drug-likeness (QED) is 0.933. The number of piperidine rings is 1. The van der Waals surface area contributed by atoms with Gasteiger partial charge in [-0.2, -0.15) is 0 Å². The maximum atomic E-state index is 3.32. The summed E-state index contributed by atoms with van der Waals surface area (Å²) < 4.78 is 0. The first kappa shape index (κ1) is 14.3. The molecule has 0 amide bonds. The second-order valence-corrected chi connectivity index (χ2v) is 7.08. The van der Waals surface area contributed by atoms with E-state index in [2.05, 4.69) is 45.2 Å². The zero-order valence-corrected chi connectivity index (χ0v) is 13.4. The topological polar surface area (TPSA) is 22.3 Å². The molecule has 0 spiro atoms. The summed E-state index contributed by atoms with van der Waals surface area (Å²) in [5, 5.41) is 1.39. The van der Waals surface area contributed by atoms with Gasteiger partial charge in [0.25, 0.3) is 0 Å². The second kappa shape index (κ2) is 6.43. The first-order valence-corrected chi connectivity index (χ1v) is 8.88. The Kier molecular flexibility index (Phi) is 4.17. The van der Waals surface area contributed by atoms with Gasteiger partial charge in [-0.05, 0) is 75.5 Å². The van der Waals surface area contributed by atoms with Crippen molar-refractivity contribution in [3.63, 3.8) is 0 Å². The Morgan fingerprint density at radius 3 is 2.59 bits per heavy atom. The molecule has 118 valence electrons. The van der Waals surface area contributed by atoms with Crippen molar-refractivity contribution in [2.75, 3.05) is 32.7 Å². The summed E-state index contributed by atoms with van der Waals surface area (Å²) in [6, 6.07) is 8.84. The third kappa shape index (κ3) is 3.06. The Hall–Kier alpha value is -1.32. The van der Waals surface area contributed by atoms with Crippen LogP contribution < -0.4 is 0 Å². The molecule has 0 unspecified atom stereocenters. The molecule has 0 saturated carbocycles. The van der Waals surface area contributed by atoms with Gasteiger partial charge in [0, 0.05) is 30.2 Å². The molecule has 22 heavy (non-hydrogen) atoms. The Morgan fingerprint density at radius 2 is 1.77 bits per heavy atom. The second-order valence-electron chi connectivity index (χ2n) is 7.08. The molecule has 2 saturated heterocycles. The van der Waals surface area contributed by atoms with Crippen molar-refractivity contribution in [2.45, 2.75) is 32.2 Å². The first-order valence-electron chi connectivity index (χ1n) is 8.88. The van der Waals surface area contributed by atoms with E-state index < -0.39 is 0 Å². The van der Waals surface area contributed by atoms with Crippen LogP contribution in [-0.2, 0) is 6.54 Å². The first-order chi connectivity index (χ1) is 10.9. The Balaban J connectivity index is 1.33. The van der Waals surface area contributed by atoms with Crippen LogP contribution in [0.4, 0.5) is 0 Å². The summed E-state index contributed by atoms with van der Waals surface area (Å²) >= 11 is 0. The molecule has 3 nitrogen and oxygen atoms in total. The van der Waals surface area contributed by atoms with Crippen LogP contribution in [0.2, 0.25) is 0 Å². The molecule has 0 aliphatic carbocycles. The van der Waals surface area contributed by atoms with E-state index in [0.717, 1.165) is 12.5 Å². The van der Waals surface area contributed by atoms with E-state index in [1.54, 1.807) is 0 Å². The number of hydrogen-bond donors (Lipinski definition) is 1. The number of aromatic amines is 1. The number of H-pyrrole nitrogens is 1. The van der Waals surface area contributed by atoms with Gasteiger partial charge in [0.05, 0.1) is 0 Å². The van der Waals surface area contributed by atoms with Gasteiger partial charge in [0.1, 0.15) is 0 Å². The van der Waals surface area contributed by atoms with Gasteiger partial charge in [0.15, 0.2) is 0 Å². The summed E-state index contributed by atoms with van der Waals surface area (Å²) in [6.45, 7) is 7.66. The highest BCUT2D eigenvalue weighted by atomic mass is 15.2. The van der Waals surface area contributed by atoms with E-state index in [4.69, 9.17) is 0 Å². The maximum absolute atomic E-state index is 3.32. The predicted molar refractivity (Wildman–Crippen MR) is 92.0 cm³/mol. The third-order valence-electron chi connectivity index (χ3n) is 5.50. The lowest BCUT2D eigenvalue weighted by atomic mass is 9.95. The van der Waals surface area contributed by atoms with Crippen molar-refractivity contribution in [2.24, 2.45) is 5.92 Å². The zero-order chi connectivity index (χ0) is 14.8. The normalized spacial score (nSPS) is 21.8. The number of hydrogen-bond acceptors (Lipinski definition) is 2. The Morgan fingerprint density at radius 1 is 0.955 bits per heavy atom. The number of aromatic nitrogens is 1. The van der Waals surface area contributed by atoms with E-state index in [1.165, 1.54) is 74.9 Å². The minimum absolute atomic E-state index is 0.928. The molecule has 1 aromatic carbocycles. The molecule has 2 aliphatic rings. The van der Waals surface area contributed by atoms with Crippen LogP contribution in [0.1, 0.15) is 31.2 Å². The standard InChI is InChI=1S/C19H27N3/c1-2-11-21(10-1)14-16-7-12-22(13-8-16)15-17-4-3-5-19-18(17)6-9-20-19/h3-6,9,16,20H,1-2,7-8,10-15H2. The highest BCUT2D eigenvalue weighted by molar-refractivity contribution is 5.82. The molecule has 2 fully saturated rings. The molecule has 3 heteroatoms. The fourth-order valence-corrected chi connectivity index (χ4v) is 4.19. The van der Waals surface area contributed by atoms with Crippen LogP contribution in [-0.4, -0.2) is 47.5 Å². The van der Waals surface area contributed by atoms with Crippen molar-refractivity contribution in [3.05, 3.63) is 36.0 Å².